The van der Waals surface area contributed by atoms with Crippen LogP contribution in [0.5, 0.6) is 5.75 Å². The monoisotopic (exact) mass is 378 g/mol. The van der Waals surface area contributed by atoms with Gasteiger partial charge in [0.15, 0.2) is 0 Å². The predicted molar refractivity (Wildman–Crippen MR) is 95.3 cm³/mol. The molecule has 0 atom stereocenters. The summed E-state index contributed by atoms with van der Waals surface area (Å²) in [5.74, 6) is -1.08. The molecule has 1 aliphatic heterocycles. The second kappa shape index (κ2) is 7.43. The molecule has 1 aliphatic rings. The fraction of sp³-hybridized carbons (Fsp3) is 0.278. The lowest BCUT2D eigenvalue weighted by Gasteiger charge is -2.16. The topological polar surface area (TPSA) is 75.7 Å². The number of hydrogen-bond donors (Lipinski definition) is 1. The summed E-state index contributed by atoms with van der Waals surface area (Å²) in [5, 5.41) is 2.54. The zero-order chi connectivity index (χ0) is 18.7. The molecule has 1 amide bonds. The normalized spacial score (nSPS) is 15.0. The van der Waals surface area contributed by atoms with Gasteiger partial charge in [0.2, 0.25) is 10.0 Å². The summed E-state index contributed by atoms with van der Waals surface area (Å²) in [6.07, 6.45) is 1.68. The molecule has 1 fully saturated rings. The van der Waals surface area contributed by atoms with Gasteiger partial charge < -0.3 is 10.1 Å². The van der Waals surface area contributed by atoms with Gasteiger partial charge in [-0.3, -0.25) is 4.79 Å². The van der Waals surface area contributed by atoms with Gasteiger partial charge in [-0.25, -0.2) is 12.8 Å². The van der Waals surface area contributed by atoms with Crippen molar-refractivity contribution < 1.29 is 22.3 Å². The highest BCUT2D eigenvalue weighted by Crippen LogP contribution is 2.24. The molecule has 6 nitrogen and oxygen atoms in total. The van der Waals surface area contributed by atoms with Crippen molar-refractivity contribution in [2.75, 3.05) is 25.5 Å². The number of carbonyl (C=O) groups is 1. The van der Waals surface area contributed by atoms with E-state index in [-0.39, 0.29) is 16.1 Å². The van der Waals surface area contributed by atoms with Crippen molar-refractivity contribution in [1.29, 1.82) is 0 Å². The fourth-order valence-electron chi connectivity index (χ4n) is 2.82. The van der Waals surface area contributed by atoms with Gasteiger partial charge in [-0.1, -0.05) is 6.07 Å². The first kappa shape index (κ1) is 18.3. The molecule has 26 heavy (non-hydrogen) atoms. The van der Waals surface area contributed by atoms with E-state index in [0.717, 1.165) is 18.9 Å². The molecular weight excluding hydrogens is 359 g/mol. The van der Waals surface area contributed by atoms with Gasteiger partial charge in [-0.2, -0.15) is 4.31 Å². The summed E-state index contributed by atoms with van der Waals surface area (Å²) < 4.78 is 45.6. The van der Waals surface area contributed by atoms with Crippen molar-refractivity contribution in [3.8, 4) is 5.75 Å². The van der Waals surface area contributed by atoms with Crippen LogP contribution in [0.3, 0.4) is 0 Å². The minimum absolute atomic E-state index is 0.104. The molecule has 1 N–H and O–H groups in total. The van der Waals surface area contributed by atoms with Crippen LogP contribution in [0.4, 0.5) is 10.1 Å². The van der Waals surface area contributed by atoms with E-state index in [4.69, 9.17) is 4.74 Å². The SMILES string of the molecule is COc1ccc(C(=O)Nc2cccc(S(=O)(=O)N3CCCC3)c2)c(F)c1. The molecule has 0 spiro atoms. The highest BCUT2D eigenvalue weighted by atomic mass is 32.2. The molecule has 138 valence electrons. The highest BCUT2D eigenvalue weighted by molar-refractivity contribution is 7.89. The number of hydrogen-bond acceptors (Lipinski definition) is 4. The van der Waals surface area contributed by atoms with E-state index in [1.165, 1.54) is 35.7 Å². The predicted octanol–water partition coefficient (Wildman–Crippen LogP) is 2.87. The van der Waals surface area contributed by atoms with Crippen LogP contribution < -0.4 is 10.1 Å². The quantitative estimate of drug-likeness (QED) is 0.868. The molecule has 2 aromatic carbocycles. The van der Waals surface area contributed by atoms with Gasteiger partial charge >= 0.3 is 0 Å². The molecule has 1 saturated heterocycles. The van der Waals surface area contributed by atoms with Gasteiger partial charge in [-0.15, -0.1) is 0 Å². The van der Waals surface area contributed by atoms with E-state index in [0.29, 0.717) is 18.8 Å². The van der Waals surface area contributed by atoms with E-state index in [1.54, 1.807) is 12.1 Å². The number of methoxy groups -OCH3 is 1. The largest absolute Gasteiger partial charge is 0.497 e. The summed E-state index contributed by atoms with van der Waals surface area (Å²) in [6.45, 7) is 0.992. The minimum atomic E-state index is -3.59. The number of amides is 1. The number of anilines is 1. The number of halogens is 1. The first-order chi connectivity index (χ1) is 12.4. The van der Waals surface area contributed by atoms with Crippen molar-refractivity contribution in [3.63, 3.8) is 0 Å². The number of sulfonamides is 1. The summed E-state index contributed by atoms with van der Waals surface area (Å²) in [4.78, 5) is 12.4. The van der Waals surface area contributed by atoms with Crippen molar-refractivity contribution >= 4 is 21.6 Å². The molecular formula is C18H19FN2O4S. The van der Waals surface area contributed by atoms with E-state index in [1.807, 2.05) is 0 Å². The first-order valence-electron chi connectivity index (χ1n) is 8.17. The van der Waals surface area contributed by atoms with Crippen LogP contribution in [-0.4, -0.2) is 38.8 Å². The average Bonchev–Trinajstić information content (AvgIpc) is 3.17. The first-order valence-corrected chi connectivity index (χ1v) is 9.61. The number of nitrogens with one attached hydrogen (secondary N) is 1. The Morgan fingerprint density at radius 3 is 2.54 bits per heavy atom. The average molecular weight is 378 g/mol. The van der Waals surface area contributed by atoms with Crippen LogP contribution in [0.2, 0.25) is 0 Å². The van der Waals surface area contributed by atoms with Gasteiger partial charge in [0.25, 0.3) is 5.91 Å². The Kier molecular flexibility index (Phi) is 5.24. The molecule has 0 aliphatic carbocycles. The number of carbonyl (C=O) groups excluding carboxylic acids is 1. The molecule has 0 saturated carbocycles. The lowest BCUT2D eigenvalue weighted by atomic mass is 10.2. The third-order valence-electron chi connectivity index (χ3n) is 4.22. The molecule has 8 heteroatoms. The number of rotatable bonds is 5. The Morgan fingerprint density at radius 1 is 1.15 bits per heavy atom. The van der Waals surface area contributed by atoms with Gasteiger partial charge in [0.1, 0.15) is 11.6 Å². The van der Waals surface area contributed by atoms with Crippen molar-refractivity contribution in [2.45, 2.75) is 17.7 Å². The van der Waals surface area contributed by atoms with Crippen LogP contribution in [0.1, 0.15) is 23.2 Å². The molecule has 0 unspecified atom stereocenters. The van der Waals surface area contributed by atoms with Gasteiger partial charge in [-0.05, 0) is 43.2 Å². The van der Waals surface area contributed by atoms with Crippen molar-refractivity contribution in [1.82, 2.24) is 4.31 Å². The Balaban J connectivity index is 1.81. The molecule has 0 radical (unpaired) electrons. The van der Waals surface area contributed by atoms with E-state index >= 15 is 0 Å². The standard InChI is InChI=1S/C18H19FN2O4S/c1-25-14-7-8-16(17(19)12-14)18(22)20-13-5-4-6-15(11-13)26(23,24)21-9-2-3-10-21/h4-8,11-12H,2-3,9-10H2,1H3,(H,20,22). The fourth-order valence-corrected chi connectivity index (χ4v) is 4.38. The minimum Gasteiger partial charge on any atom is -0.497 e. The number of nitrogens with zero attached hydrogens (tertiary/aromatic N) is 1. The smallest absolute Gasteiger partial charge is 0.258 e. The number of benzene rings is 2. The van der Waals surface area contributed by atoms with Crippen LogP contribution in [0.25, 0.3) is 0 Å². The molecule has 1 heterocycles. The van der Waals surface area contributed by atoms with Gasteiger partial charge in [0.05, 0.1) is 17.6 Å². The molecule has 3 rings (SSSR count). The number of ether oxygens (including phenoxy) is 1. The summed E-state index contributed by atoms with van der Waals surface area (Å²) >= 11 is 0. The zero-order valence-electron chi connectivity index (χ0n) is 14.2. The van der Waals surface area contributed by atoms with Crippen LogP contribution in [0.15, 0.2) is 47.4 Å². The lowest BCUT2D eigenvalue weighted by molar-refractivity contribution is 0.102. The Bertz CT molecular complexity index is 925. The Labute approximate surface area is 151 Å². The Morgan fingerprint density at radius 2 is 1.88 bits per heavy atom. The maximum atomic E-state index is 14.0. The maximum Gasteiger partial charge on any atom is 0.258 e. The van der Waals surface area contributed by atoms with Crippen LogP contribution in [-0.2, 0) is 10.0 Å². The zero-order valence-corrected chi connectivity index (χ0v) is 15.1. The van der Waals surface area contributed by atoms with Crippen LogP contribution in [0, 0.1) is 5.82 Å². The summed E-state index contributed by atoms with van der Waals surface area (Å²) in [6, 6.07) is 9.87. The van der Waals surface area contributed by atoms with Crippen molar-refractivity contribution in [3.05, 3.63) is 53.8 Å². The van der Waals surface area contributed by atoms with E-state index < -0.39 is 21.7 Å². The lowest BCUT2D eigenvalue weighted by Crippen LogP contribution is -2.27. The highest BCUT2D eigenvalue weighted by Gasteiger charge is 2.27. The second-order valence-electron chi connectivity index (χ2n) is 5.94. The molecule has 0 bridgehead atoms. The van der Waals surface area contributed by atoms with E-state index in [2.05, 4.69) is 5.32 Å². The second-order valence-corrected chi connectivity index (χ2v) is 7.88. The summed E-state index contributed by atoms with van der Waals surface area (Å²) in [7, 11) is -2.18. The third-order valence-corrected chi connectivity index (χ3v) is 6.11. The van der Waals surface area contributed by atoms with Crippen molar-refractivity contribution in [2.24, 2.45) is 0 Å². The van der Waals surface area contributed by atoms with Gasteiger partial charge in [0, 0.05) is 24.8 Å². The third kappa shape index (κ3) is 3.71. The molecule has 0 aromatic heterocycles. The Hall–Kier alpha value is -2.45. The maximum absolute atomic E-state index is 14.0. The van der Waals surface area contributed by atoms with E-state index in [9.17, 15) is 17.6 Å². The summed E-state index contributed by atoms with van der Waals surface area (Å²) in [5.41, 5.74) is 0.129. The van der Waals surface area contributed by atoms with Crippen LogP contribution >= 0.6 is 0 Å². The molecule has 2 aromatic rings.